The Labute approximate surface area is 90.4 Å². The summed E-state index contributed by atoms with van der Waals surface area (Å²) in [6.07, 6.45) is 5.66. The van der Waals surface area contributed by atoms with Crippen molar-refractivity contribution < 1.29 is 0 Å². The van der Waals surface area contributed by atoms with E-state index in [0.29, 0.717) is 0 Å². The van der Waals surface area contributed by atoms with Crippen LogP contribution < -0.4 is 5.32 Å². The number of rotatable bonds is 1. The van der Waals surface area contributed by atoms with Gasteiger partial charge in [-0.05, 0) is 43.0 Å². The second-order valence-corrected chi connectivity index (χ2v) is 4.61. The highest BCUT2D eigenvalue weighted by molar-refractivity contribution is 5.69. The topological polar surface area (TPSA) is 24.9 Å². The molecular weight excluding hydrogens is 184 g/mol. The molecule has 3 rings (SSSR count). The summed E-state index contributed by atoms with van der Waals surface area (Å²) in [4.78, 5) is 4.38. The lowest BCUT2D eigenvalue weighted by Crippen LogP contribution is -2.10. The first-order valence-corrected chi connectivity index (χ1v) is 5.68. The van der Waals surface area contributed by atoms with Crippen molar-refractivity contribution in [3.8, 4) is 0 Å². The summed E-state index contributed by atoms with van der Waals surface area (Å²) in [6, 6.07) is 4.31. The van der Waals surface area contributed by atoms with E-state index in [9.17, 15) is 0 Å². The van der Waals surface area contributed by atoms with Crippen LogP contribution in [0.3, 0.4) is 0 Å². The molecule has 1 aliphatic heterocycles. The zero-order chi connectivity index (χ0) is 10.3. The lowest BCUT2D eigenvalue weighted by Gasteiger charge is -2.13. The molecule has 15 heavy (non-hydrogen) atoms. The Hall–Kier alpha value is -1.15. The van der Waals surface area contributed by atoms with Gasteiger partial charge >= 0.3 is 0 Å². The Morgan fingerprint density at radius 1 is 1.33 bits per heavy atom. The zero-order valence-corrected chi connectivity index (χ0v) is 9.03. The fourth-order valence-electron chi connectivity index (χ4n) is 2.74. The fourth-order valence-corrected chi connectivity index (χ4v) is 2.74. The van der Waals surface area contributed by atoms with Gasteiger partial charge in [-0.25, -0.2) is 0 Å². The Bertz CT molecular complexity index is 392. The number of aromatic nitrogens is 1. The molecule has 1 N–H and O–H groups in total. The van der Waals surface area contributed by atoms with E-state index in [1.54, 1.807) is 0 Å². The number of nitrogens with zero attached hydrogens (tertiary/aromatic N) is 1. The van der Waals surface area contributed by atoms with Crippen molar-refractivity contribution in [3.05, 3.63) is 35.7 Å². The van der Waals surface area contributed by atoms with E-state index in [2.05, 4.69) is 28.5 Å². The standard InChI is InChI=1S/C13H16N2/c1-9-2-3-11(7-15-9)12-5-4-10-6-14-8-13(10)12/h2-3,5,7,10,13-14H,4,6,8H2,1H3. The second-order valence-electron chi connectivity index (χ2n) is 4.61. The van der Waals surface area contributed by atoms with Gasteiger partial charge in [0.25, 0.3) is 0 Å². The molecule has 0 amide bonds. The summed E-state index contributed by atoms with van der Waals surface area (Å²) in [5.74, 6) is 1.57. The van der Waals surface area contributed by atoms with Crippen LogP contribution in [0.5, 0.6) is 0 Å². The van der Waals surface area contributed by atoms with Gasteiger partial charge in [0.1, 0.15) is 0 Å². The largest absolute Gasteiger partial charge is 0.316 e. The van der Waals surface area contributed by atoms with Gasteiger partial charge in [0, 0.05) is 24.4 Å². The minimum atomic E-state index is 0.731. The number of nitrogens with one attached hydrogen (secondary N) is 1. The van der Waals surface area contributed by atoms with Crippen LogP contribution >= 0.6 is 0 Å². The van der Waals surface area contributed by atoms with E-state index in [4.69, 9.17) is 0 Å². The minimum Gasteiger partial charge on any atom is -0.316 e. The Morgan fingerprint density at radius 3 is 3.07 bits per heavy atom. The predicted octanol–water partition coefficient (Wildman–Crippen LogP) is 2.01. The summed E-state index contributed by atoms with van der Waals surface area (Å²) in [6.45, 7) is 4.36. The van der Waals surface area contributed by atoms with Crippen LogP contribution in [0.1, 0.15) is 17.7 Å². The van der Waals surface area contributed by atoms with Gasteiger partial charge in [-0.2, -0.15) is 0 Å². The number of fused-ring (bicyclic) bond motifs is 1. The Balaban J connectivity index is 1.91. The molecule has 0 bridgehead atoms. The van der Waals surface area contributed by atoms with E-state index in [0.717, 1.165) is 24.1 Å². The molecule has 1 aromatic rings. The highest BCUT2D eigenvalue weighted by Crippen LogP contribution is 2.39. The zero-order valence-electron chi connectivity index (χ0n) is 9.03. The molecule has 2 atom stereocenters. The quantitative estimate of drug-likeness (QED) is 0.750. The molecule has 1 fully saturated rings. The van der Waals surface area contributed by atoms with Gasteiger partial charge in [-0.3, -0.25) is 4.98 Å². The molecule has 0 aromatic carbocycles. The summed E-state index contributed by atoms with van der Waals surface area (Å²) in [7, 11) is 0. The smallest absolute Gasteiger partial charge is 0.0373 e. The summed E-state index contributed by atoms with van der Waals surface area (Å²) in [5.41, 5.74) is 3.92. The van der Waals surface area contributed by atoms with Crippen LogP contribution in [0, 0.1) is 18.8 Å². The van der Waals surface area contributed by atoms with Gasteiger partial charge in [0.15, 0.2) is 0 Å². The van der Waals surface area contributed by atoms with Crippen LogP contribution in [0.25, 0.3) is 5.57 Å². The van der Waals surface area contributed by atoms with Crippen molar-refractivity contribution in [3.63, 3.8) is 0 Å². The lowest BCUT2D eigenvalue weighted by atomic mass is 9.91. The Morgan fingerprint density at radius 2 is 2.27 bits per heavy atom. The number of allylic oxidation sites excluding steroid dienone is 1. The van der Waals surface area contributed by atoms with Crippen LogP contribution in [0.2, 0.25) is 0 Å². The van der Waals surface area contributed by atoms with Crippen molar-refractivity contribution in [1.82, 2.24) is 10.3 Å². The average molecular weight is 200 g/mol. The first kappa shape index (κ1) is 9.10. The SMILES string of the molecule is Cc1ccc(C2=CCC3CNCC23)cn1. The third-order valence-corrected chi connectivity index (χ3v) is 3.62. The van der Waals surface area contributed by atoms with Crippen LogP contribution in [0.4, 0.5) is 0 Å². The third kappa shape index (κ3) is 1.49. The van der Waals surface area contributed by atoms with E-state index in [-0.39, 0.29) is 0 Å². The highest BCUT2D eigenvalue weighted by Gasteiger charge is 2.33. The number of hydrogen-bond donors (Lipinski definition) is 1. The number of aryl methyl sites for hydroxylation is 1. The summed E-state index contributed by atoms with van der Waals surface area (Å²) < 4.78 is 0. The molecule has 0 saturated carbocycles. The Kier molecular flexibility index (Phi) is 2.10. The predicted molar refractivity (Wildman–Crippen MR) is 61.4 cm³/mol. The minimum absolute atomic E-state index is 0.731. The van der Waals surface area contributed by atoms with Crippen LogP contribution in [0.15, 0.2) is 24.4 Å². The number of hydrogen-bond acceptors (Lipinski definition) is 2. The molecule has 2 unspecified atom stereocenters. The number of pyridine rings is 1. The molecular formula is C13H16N2. The first-order chi connectivity index (χ1) is 7.34. The molecule has 2 nitrogen and oxygen atoms in total. The maximum absolute atomic E-state index is 4.38. The molecule has 0 radical (unpaired) electrons. The maximum Gasteiger partial charge on any atom is 0.0373 e. The fraction of sp³-hybridized carbons (Fsp3) is 0.462. The summed E-state index contributed by atoms with van der Waals surface area (Å²) in [5, 5.41) is 3.47. The van der Waals surface area contributed by atoms with Gasteiger partial charge in [0.05, 0.1) is 0 Å². The lowest BCUT2D eigenvalue weighted by molar-refractivity contribution is 0.542. The van der Waals surface area contributed by atoms with E-state index >= 15 is 0 Å². The first-order valence-electron chi connectivity index (χ1n) is 5.68. The summed E-state index contributed by atoms with van der Waals surface area (Å²) >= 11 is 0. The molecule has 2 heteroatoms. The van der Waals surface area contributed by atoms with Crippen LogP contribution in [-0.2, 0) is 0 Å². The van der Waals surface area contributed by atoms with Gasteiger partial charge in [-0.15, -0.1) is 0 Å². The molecule has 78 valence electrons. The molecule has 2 heterocycles. The van der Waals surface area contributed by atoms with Gasteiger partial charge in [0.2, 0.25) is 0 Å². The van der Waals surface area contributed by atoms with Crippen molar-refractivity contribution in [1.29, 1.82) is 0 Å². The molecule has 1 aromatic heterocycles. The van der Waals surface area contributed by atoms with E-state index in [1.165, 1.54) is 24.1 Å². The third-order valence-electron chi connectivity index (χ3n) is 3.62. The highest BCUT2D eigenvalue weighted by atomic mass is 14.9. The molecule has 0 spiro atoms. The van der Waals surface area contributed by atoms with E-state index in [1.807, 2.05) is 13.1 Å². The van der Waals surface area contributed by atoms with Crippen molar-refractivity contribution in [2.75, 3.05) is 13.1 Å². The normalized spacial score (nSPS) is 29.0. The molecule has 2 aliphatic rings. The molecule has 1 saturated heterocycles. The van der Waals surface area contributed by atoms with Crippen molar-refractivity contribution >= 4 is 5.57 Å². The van der Waals surface area contributed by atoms with Gasteiger partial charge in [-0.1, -0.05) is 12.1 Å². The monoisotopic (exact) mass is 200 g/mol. The maximum atomic E-state index is 4.38. The average Bonchev–Trinajstić information content (AvgIpc) is 2.80. The molecule has 1 aliphatic carbocycles. The van der Waals surface area contributed by atoms with Crippen LogP contribution in [-0.4, -0.2) is 18.1 Å². The van der Waals surface area contributed by atoms with Gasteiger partial charge < -0.3 is 5.32 Å². The second kappa shape index (κ2) is 3.46. The van der Waals surface area contributed by atoms with Crippen molar-refractivity contribution in [2.45, 2.75) is 13.3 Å². The van der Waals surface area contributed by atoms with E-state index < -0.39 is 0 Å². The van der Waals surface area contributed by atoms with Crippen molar-refractivity contribution in [2.24, 2.45) is 11.8 Å².